The number of ether oxygens (including phenoxy) is 1. The first-order valence-electron chi connectivity index (χ1n) is 7.97. The number of carbonyl (C=O) groups excluding carboxylic acids is 2. The second-order valence-corrected chi connectivity index (χ2v) is 8.06. The summed E-state index contributed by atoms with van der Waals surface area (Å²) >= 11 is 0. The van der Waals surface area contributed by atoms with Crippen molar-refractivity contribution in [1.29, 1.82) is 0 Å². The summed E-state index contributed by atoms with van der Waals surface area (Å²) in [6, 6.07) is 1.72. The Morgan fingerprint density at radius 2 is 1.91 bits per heavy atom. The van der Waals surface area contributed by atoms with E-state index in [1.54, 1.807) is 17.2 Å². The van der Waals surface area contributed by atoms with Crippen molar-refractivity contribution in [2.24, 2.45) is 5.92 Å². The summed E-state index contributed by atoms with van der Waals surface area (Å²) in [6.45, 7) is 13.8. The molecule has 5 nitrogen and oxygen atoms in total. The van der Waals surface area contributed by atoms with Gasteiger partial charge < -0.3 is 4.74 Å². The summed E-state index contributed by atoms with van der Waals surface area (Å²) < 4.78 is 5.50. The first kappa shape index (κ1) is 17.4. The molecular formula is C18H26N2O3. The van der Waals surface area contributed by atoms with Crippen molar-refractivity contribution in [2.75, 3.05) is 11.4 Å². The van der Waals surface area contributed by atoms with E-state index in [9.17, 15) is 9.59 Å². The van der Waals surface area contributed by atoms with E-state index in [-0.39, 0.29) is 17.1 Å². The van der Waals surface area contributed by atoms with Crippen molar-refractivity contribution in [3.63, 3.8) is 0 Å². The zero-order chi connectivity index (χ0) is 17.6. The Bertz CT molecular complexity index is 642. The molecule has 126 valence electrons. The Hall–Kier alpha value is -1.91. The molecule has 1 aromatic heterocycles. The first-order valence-corrected chi connectivity index (χ1v) is 7.97. The standard InChI is InChI=1S/C18H26N2O3/c1-11(2)15(21)13-8-14-12(9-19-13)18(6,7)10-20(14)16(22)23-17(3,4)5/h8-9,11H,10H2,1-7H3. The highest BCUT2D eigenvalue weighted by Crippen LogP contribution is 2.41. The van der Waals surface area contributed by atoms with E-state index in [0.717, 1.165) is 11.3 Å². The van der Waals surface area contributed by atoms with Crippen molar-refractivity contribution in [2.45, 2.75) is 59.5 Å². The van der Waals surface area contributed by atoms with Gasteiger partial charge in [-0.1, -0.05) is 27.7 Å². The van der Waals surface area contributed by atoms with Gasteiger partial charge in [0.15, 0.2) is 5.78 Å². The highest BCUT2D eigenvalue weighted by atomic mass is 16.6. The maximum atomic E-state index is 12.5. The fourth-order valence-corrected chi connectivity index (χ4v) is 2.67. The van der Waals surface area contributed by atoms with E-state index >= 15 is 0 Å². The van der Waals surface area contributed by atoms with Gasteiger partial charge in [0.1, 0.15) is 11.3 Å². The predicted molar refractivity (Wildman–Crippen MR) is 90.0 cm³/mol. The van der Waals surface area contributed by atoms with Crippen LogP contribution in [0.3, 0.4) is 0 Å². The molecule has 5 heteroatoms. The number of fused-ring (bicyclic) bond motifs is 1. The molecule has 2 heterocycles. The van der Waals surface area contributed by atoms with Gasteiger partial charge in [-0.2, -0.15) is 0 Å². The van der Waals surface area contributed by atoms with Gasteiger partial charge in [-0.25, -0.2) is 4.79 Å². The lowest BCUT2D eigenvalue weighted by Crippen LogP contribution is -2.38. The van der Waals surface area contributed by atoms with E-state index in [4.69, 9.17) is 4.74 Å². The molecule has 1 aliphatic rings. The molecule has 0 unspecified atom stereocenters. The third-order valence-corrected chi connectivity index (χ3v) is 3.85. The third kappa shape index (κ3) is 3.54. The number of ketones is 1. The van der Waals surface area contributed by atoms with Crippen LogP contribution in [0.25, 0.3) is 0 Å². The van der Waals surface area contributed by atoms with Crippen LogP contribution in [0, 0.1) is 5.92 Å². The predicted octanol–water partition coefficient (Wildman–Crippen LogP) is 3.95. The van der Waals surface area contributed by atoms with Gasteiger partial charge in [0, 0.05) is 29.6 Å². The second-order valence-electron chi connectivity index (χ2n) is 8.06. The largest absolute Gasteiger partial charge is 0.443 e. The van der Waals surface area contributed by atoms with Crippen LogP contribution in [-0.4, -0.2) is 29.0 Å². The topological polar surface area (TPSA) is 59.5 Å². The summed E-state index contributed by atoms with van der Waals surface area (Å²) in [5.41, 5.74) is 1.30. The minimum Gasteiger partial charge on any atom is -0.443 e. The zero-order valence-corrected chi connectivity index (χ0v) is 15.1. The fourth-order valence-electron chi connectivity index (χ4n) is 2.67. The molecule has 1 aromatic rings. The van der Waals surface area contributed by atoms with Crippen LogP contribution in [-0.2, 0) is 10.2 Å². The number of rotatable bonds is 2. The number of hydrogen-bond acceptors (Lipinski definition) is 4. The lowest BCUT2D eigenvalue weighted by Gasteiger charge is -2.26. The average Bonchev–Trinajstić information content (AvgIpc) is 2.67. The second kappa shape index (κ2) is 5.62. The van der Waals surface area contributed by atoms with Crippen LogP contribution in [0.5, 0.6) is 0 Å². The lowest BCUT2D eigenvalue weighted by atomic mass is 9.88. The third-order valence-electron chi connectivity index (χ3n) is 3.85. The minimum absolute atomic E-state index is 0.0263. The number of Topliss-reactive ketones (excluding diaryl/α,β-unsaturated/α-hetero) is 1. The zero-order valence-electron chi connectivity index (χ0n) is 15.1. The van der Waals surface area contributed by atoms with Crippen LogP contribution >= 0.6 is 0 Å². The van der Waals surface area contributed by atoms with Crippen molar-refractivity contribution < 1.29 is 14.3 Å². The van der Waals surface area contributed by atoms with E-state index in [2.05, 4.69) is 18.8 Å². The maximum Gasteiger partial charge on any atom is 0.414 e. The van der Waals surface area contributed by atoms with E-state index in [1.807, 2.05) is 34.6 Å². The molecule has 23 heavy (non-hydrogen) atoms. The normalized spacial score (nSPS) is 16.4. The molecule has 0 saturated carbocycles. The van der Waals surface area contributed by atoms with E-state index < -0.39 is 11.7 Å². The Balaban J connectivity index is 2.43. The number of aromatic nitrogens is 1. The molecule has 0 aliphatic carbocycles. The van der Waals surface area contributed by atoms with Gasteiger partial charge in [0.2, 0.25) is 0 Å². The number of hydrogen-bond donors (Lipinski definition) is 0. The van der Waals surface area contributed by atoms with Gasteiger partial charge in [0.05, 0.1) is 5.69 Å². The minimum atomic E-state index is -0.562. The Labute approximate surface area is 138 Å². The van der Waals surface area contributed by atoms with Crippen LogP contribution in [0.2, 0.25) is 0 Å². The quantitative estimate of drug-likeness (QED) is 0.775. The van der Waals surface area contributed by atoms with Crippen LogP contribution < -0.4 is 4.90 Å². The molecule has 1 aliphatic heterocycles. The van der Waals surface area contributed by atoms with Crippen molar-refractivity contribution >= 4 is 17.6 Å². The van der Waals surface area contributed by atoms with Gasteiger partial charge in [-0.05, 0) is 26.8 Å². The molecule has 1 amide bonds. The highest BCUT2D eigenvalue weighted by Gasteiger charge is 2.40. The summed E-state index contributed by atoms with van der Waals surface area (Å²) in [7, 11) is 0. The smallest absolute Gasteiger partial charge is 0.414 e. The Morgan fingerprint density at radius 1 is 1.30 bits per heavy atom. The lowest BCUT2D eigenvalue weighted by molar-refractivity contribution is 0.0579. The molecule has 0 saturated heterocycles. The van der Waals surface area contributed by atoms with Crippen molar-refractivity contribution in [3.8, 4) is 0 Å². The van der Waals surface area contributed by atoms with Gasteiger partial charge in [0.25, 0.3) is 0 Å². The van der Waals surface area contributed by atoms with Crippen LogP contribution in [0.15, 0.2) is 12.3 Å². The highest BCUT2D eigenvalue weighted by molar-refractivity contribution is 5.99. The Morgan fingerprint density at radius 3 is 2.43 bits per heavy atom. The summed E-state index contributed by atoms with van der Waals surface area (Å²) in [4.78, 5) is 30.7. The summed E-state index contributed by atoms with van der Waals surface area (Å²) in [5, 5.41) is 0. The van der Waals surface area contributed by atoms with Crippen molar-refractivity contribution in [3.05, 3.63) is 23.5 Å². The van der Waals surface area contributed by atoms with Crippen LogP contribution in [0.4, 0.5) is 10.5 Å². The summed E-state index contributed by atoms with van der Waals surface area (Å²) in [6.07, 6.45) is 1.33. The molecule has 0 bridgehead atoms. The molecule has 0 aromatic carbocycles. The number of nitrogens with zero attached hydrogens (tertiary/aromatic N) is 2. The number of carbonyl (C=O) groups is 2. The molecule has 0 fully saturated rings. The summed E-state index contributed by atoms with van der Waals surface area (Å²) in [5.74, 6) is -0.161. The van der Waals surface area contributed by atoms with Gasteiger partial charge in [-0.3, -0.25) is 14.7 Å². The average molecular weight is 318 g/mol. The van der Waals surface area contributed by atoms with E-state index in [0.29, 0.717) is 12.2 Å². The molecule has 2 rings (SSSR count). The SMILES string of the molecule is CC(C)C(=O)c1cc2c(cn1)C(C)(C)CN2C(=O)OC(C)(C)C. The number of pyridine rings is 1. The van der Waals surface area contributed by atoms with E-state index in [1.165, 1.54) is 0 Å². The van der Waals surface area contributed by atoms with Crippen LogP contribution in [0.1, 0.15) is 64.5 Å². The molecule has 0 N–H and O–H groups in total. The van der Waals surface area contributed by atoms with Crippen molar-refractivity contribution in [1.82, 2.24) is 4.98 Å². The molecule has 0 spiro atoms. The molecular weight excluding hydrogens is 292 g/mol. The first-order chi connectivity index (χ1) is 10.4. The monoisotopic (exact) mass is 318 g/mol. The molecule has 0 atom stereocenters. The fraction of sp³-hybridized carbons (Fsp3) is 0.611. The number of anilines is 1. The molecule has 0 radical (unpaired) electrons. The maximum absolute atomic E-state index is 12.5. The van der Waals surface area contributed by atoms with Gasteiger partial charge in [-0.15, -0.1) is 0 Å². The number of amides is 1. The Kier molecular flexibility index (Phi) is 4.26. The van der Waals surface area contributed by atoms with Gasteiger partial charge >= 0.3 is 6.09 Å².